The number of rotatable bonds is 6. The number of urea groups is 1. The van der Waals surface area contributed by atoms with Gasteiger partial charge in [0.1, 0.15) is 0 Å². The molecule has 5 nitrogen and oxygen atoms in total. The lowest BCUT2D eigenvalue weighted by Gasteiger charge is -2.30. The maximum Gasteiger partial charge on any atom is 0.318 e. The number of carbonyl (C=O) groups excluding carboxylic acids is 2. The van der Waals surface area contributed by atoms with Crippen molar-refractivity contribution in [2.45, 2.75) is 53.0 Å². The monoisotopic (exact) mass is 283 g/mol. The highest BCUT2D eigenvalue weighted by Crippen LogP contribution is 2.26. The van der Waals surface area contributed by atoms with Crippen LogP contribution in [0, 0.1) is 5.41 Å². The van der Waals surface area contributed by atoms with Crippen LogP contribution in [0.15, 0.2) is 0 Å². The normalized spacial score (nSPS) is 17.7. The van der Waals surface area contributed by atoms with Gasteiger partial charge in [-0.05, 0) is 25.2 Å². The Bertz CT molecular complexity index is 336. The smallest absolute Gasteiger partial charge is 0.318 e. The van der Waals surface area contributed by atoms with E-state index in [1.54, 1.807) is 11.8 Å². The predicted molar refractivity (Wildman–Crippen MR) is 80.7 cm³/mol. The molecule has 0 aromatic carbocycles. The van der Waals surface area contributed by atoms with E-state index in [0.717, 1.165) is 25.9 Å². The molecule has 1 heterocycles. The molecule has 0 aromatic heterocycles. The molecular weight excluding hydrogens is 254 g/mol. The highest BCUT2D eigenvalue weighted by Gasteiger charge is 2.24. The molecule has 0 unspecified atom stereocenters. The highest BCUT2D eigenvalue weighted by molar-refractivity contribution is 5.86. The van der Waals surface area contributed by atoms with Crippen LogP contribution in [0.1, 0.15) is 47.0 Å². The molecule has 0 aliphatic carbocycles. The summed E-state index contributed by atoms with van der Waals surface area (Å²) in [7, 11) is 0. The van der Waals surface area contributed by atoms with Crippen molar-refractivity contribution in [3.8, 4) is 0 Å². The topological polar surface area (TPSA) is 61.4 Å². The van der Waals surface area contributed by atoms with Crippen molar-refractivity contribution in [2.75, 3.05) is 26.2 Å². The van der Waals surface area contributed by atoms with E-state index in [-0.39, 0.29) is 23.3 Å². The van der Waals surface area contributed by atoms with Crippen LogP contribution in [-0.2, 0) is 4.79 Å². The van der Waals surface area contributed by atoms with Gasteiger partial charge in [-0.15, -0.1) is 0 Å². The van der Waals surface area contributed by atoms with E-state index in [9.17, 15) is 9.59 Å². The highest BCUT2D eigenvalue weighted by atomic mass is 16.2. The van der Waals surface area contributed by atoms with Gasteiger partial charge in [-0.25, -0.2) is 4.79 Å². The zero-order valence-electron chi connectivity index (χ0n) is 13.3. The second kappa shape index (κ2) is 7.62. The minimum atomic E-state index is -0.358. The van der Waals surface area contributed by atoms with Crippen molar-refractivity contribution >= 4 is 11.8 Å². The average molecular weight is 283 g/mol. The van der Waals surface area contributed by atoms with Gasteiger partial charge in [0.15, 0.2) is 5.78 Å². The van der Waals surface area contributed by atoms with E-state index in [1.165, 1.54) is 0 Å². The van der Waals surface area contributed by atoms with Gasteiger partial charge in [0, 0.05) is 26.2 Å². The van der Waals surface area contributed by atoms with Crippen molar-refractivity contribution in [2.24, 2.45) is 5.41 Å². The Hall–Kier alpha value is -1.10. The number of nitrogens with one attached hydrogen (secondary N) is 2. The van der Waals surface area contributed by atoms with Crippen LogP contribution in [0.5, 0.6) is 0 Å². The minimum Gasteiger partial charge on any atom is -0.328 e. The Kier molecular flexibility index (Phi) is 6.46. The van der Waals surface area contributed by atoms with Gasteiger partial charge in [-0.2, -0.15) is 0 Å². The van der Waals surface area contributed by atoms with Gasteiger partial charge in [0.25, 0.3) is 0 Å². The van der Waals surface area contributed by atoms with Crippen LogP contribution in [0.25, 0.3) is 0 Å². The van der Waals surface area contributed by atoms with E-state index in [4.69, 9.17) is 0 Å². The average Bonchev–Trinajstić information content (AvgIpc) is 2.43. The molecule has 1 aliphatic rings. The number of amides is 2. The molecule has 0 radical (unpaired) electrons. The van der Waals surface area contributed by atoms with Crippen LogP contribution in [0.2, 0.25) is 0 Å². The van der Waals surface area contributed by atoms with Crippen molar-refractivity contribution in [3.05, 3.63) is 0 Å². The lowest BCUT2D eigenvalue weighted by atomic mass is 9.83. The third-order valence-electron chi connectivity index (χ3n) is 4.26. The zero-order chi connectivity index (χ0) is 15.2. The first-order chi connectivity index (χ1) is 9.35. The first-order valence-corrected chi connectivity index (χ1v) is 7.62. The summed E-state index contributed by atoms with van der Waals surface area (Å²) in [4.78, 5) is 25.6. The van der Waals surface area contributed by atoms with Crippen LogP contribution < -0.4 is 10.6 Å². The standard InChI is InChI=1S/C15H29N3O2/c1-5-15(3,4)7-6-13(12(2)19)17-14(20)18-10-8-16-9-11-18/h13,16H,5-11H2,1-4H3,(H,17,20)/t13-/m0/s1. The second-order valence-corrected chi connectivity index (χ2v) is 6.41. The molecule has 2 N–H and O–H groups in total. The van der Waals surface area contributed by atoms with Crippen LogP contribution in [0.4, 0.5) is 4.79 Å². The number of piperazine rings is 1. The Morgan fingerprint density at radius 3 is 2.40 bits per heavy atom. The Labute approximate surface area is 122 Å². The number of nitrogens with zero attached hydrogens (tertiary/aromatic N) is 1. The molecule has 0 spiro atoms. The zero-order valence-corrected chi connectivity index (χ0v) is 13.3. The Morgan fingerprint density at radius 2 is 1.90 bits per heavy atom. The summed E-state index contributed by atoms with van der Waals surface area (Å²) >= 11 is 0. The number of Topliss-reactive ketones (excluding diaryl/α,β-unsaturated/α-hetero) is 1. The summed E-state index contributed by atoms with van der Waals surface area (Å²) in [5.74, 6) is 0.0420. The predicted octanol–water partition coefficient (Wildman–Crippen LogP) is 1.78. The Morgan fingerprint density at radius 1 is 1.30 bits per heavy atom. The summed E-state index contributed by atoms with van der Waals surface area (Å²) in [5, 5.41) is 6.10. The van der Waals surface area contributed by atoms with E-state index < -0.39 is 0 Å². The van der Waals surface area contributed by atoms with E-state index in [0.29, 0.717) is 19.5 Å². The molecule has 0 bridgehead atoms. The van der Waals surface area contributed by atoms with Crippen LogP contribution >= 0.6 is 0 Å². The summed E-state index contributed by atoms with van der Waals surface area (Å²) in [5.41, 5.74) is 0.216. The third kappa shape index (κ3) is 5.49. The van der Waals surface area contributed by atoms with Crippen molar-refractivity contribution in [1.29, 1.82) is 0 Å². The second-order valence-electron chi connectivity index (χ2n) is 6.41. The van der Waals surface area contributed by atoms with Crippen molar-refractivity contribution < 1.29 is 9.59 Å². The molecule has 1 atom stereocenters. The van der Waals surface area contributed by atoms with E-state index in [1.807, 2.05) is 0 Å². The molecule has 1 fully saturated rings. The van der Waals surface area contributed by atoms with Gasteiger partial charge in [-0.1, -0.05) is 27.2 Å². The van der Waals surface area contributed by atoms with Crippen molar-refractivity contribution in [1.82, 2.24) is 15.5 Å². The lowest BCUT2D eigenvalue weighted by Crippen LogP contribution is -2.53. The molecule has 20 heavy (non-hydrogen) atoms. The first-order valence-electron chi connectivity index (χ1n) is 7.62. The summed E-state index contributed by atoms with van der Waals surface area (Å²) in [6, 6.07) is -0.468. The fourth-order valence-electron chi connectivity index (χ4n) is 2.20. The molecule has 1 saturated heterocycles. The van der Waals surface area contributed by atoms with Gasteiger partial charge < -0.3 is 15.5 Å². The number of ketones is 1. The van der Waals surface area contributed by atoms with E-state index >= 15 is 0 Å². The molecule has 0 saturated carbocycles. The summed E-state index contributed by atoms with van der Waals surface area (Å²) in [6.45, 7) is 11.2. The first kappa shape index (κ1) is 17.0. The third-order valence-corrected chi connectivity index (χ3v) is 4.26. The minimum absolute atomic E-state index is 0.0420. The molecule has 116 valence electrons. The maximum atomic E-state index is 12.1. The molecule has 1 rings (SSSR count). The quantitative estimate of drug-likeness (QED) is 0.781. The lowest BCUT2D eigenvalue weighted by molar-refractivity contribution is -0.119. The van der Waals surface area contributed by atoms with Gasteiger partial charge >= 0.3 is 6.03 Å². The van der Waals surface area contributed by atoms with Crippen LogP contribution in [-0.4, -0.2) is 48.9 Å². The molecule has 5 heteroatoms. The molecule has 1 aliphatic heterocycles. The largest absolute Gasteiger partial charge is 0.328 e. The van der Waals surface area contributed by atoms with E-state index in [2.05, 4.69) is 31.4 Å². The summed E-state index contributed by atoms with van der Waals surface area (Å²) in [6.07, 6.45) is 2.73. The fourth-order valence-corrected chi connectivity index (χ4v) is 2.20. The number of hydrogen-bond donors (Lipinski definition) is 2. The maximum absolute atomic E-state index is 12.1. The van der Waals surface area contributed by atoms with Gasteiger partial charge in [0.2, 0.25) is 0 Å². The Balaban J connectivity index is 2.49. The molecular formula is C15H29N3O2. The number of carbonyl (C=O) groups is 2. The van der Waals surface area contributed by atoms with Gasteiger partial charge in [0.05, 0.1) is 6.04 Å². The fraction of sp³-hybridized carbons (Fsp3) is 0.867. The van der Waals surface area contributed by atoms with Crippen molar-refractivity contribution in [3.63, 3.8) is 0 Å². The van der Waals surface area contributed by atoms with Crippen LogP contribution in [0.3, 0.4) is 0 Å². The SMILES string of the molecule is CCC(C)(C)CC[C@H](NC(=O)N1CCNCC1)C(C)=O. The molecule has 2 amide bonds. The molecule has 0 aromatic rings. The van der Waals surface area contributed by atoms with Gasteiger partial charge in [-0.3, -0.25) is 4.79 Å². The summed E-state index contributed by atoms with van der Waals surface area (Å²) < 4.78 is 0. The number of hydrogen-bond acceptors (Lipinski definition) is 3.